The molecule has 12 heavy (non-hydrogen) atoms. The summed E-state index contributed by atoms with van der Waals surface area (Å²) in [4.78, 5) is 0. The summed E-state index contributed by atoms with van der Waals surface area (Å²) in [5.74, 6) is 7.00. The molecule has 1 fully saturated rings. The normalized spacial score (nSPS) is 15.0. The third kappa shape index (κ3) is 1.79. The topological polar surface area (TPSA) is 26.0 Å². The van der Waals surface area contributed by atoms with Gasteiger partial charge in [0.05, 0.1) is 0 Å². The molecule has 2 N–H and O–H groups in total. The van der Waals surface area contributed by atoms with E-state index in [1.807, 2.05) is 24.3 Å². The minimum Gasteiger partial charge on any atom is -0.399 e. The Morgan fingerprint density at radius 1 is 1.17 bits per heavy atom. The second-order valence-corrected chi connectivity index (χ2v) is 3.17. The van der Waals surface area contributed by atoms with Crippen LogP contribution in [0, 0.1) is 17.8 Å². The number of hydrogen-bond acceptors (Lipinski definition) is 1. The van der Waals surface area contributed by atoms with Gasteiger partial charge >= 0.3 is 0 Å². The first-order valence-electron chi connectivity index (χ1n) is 4.22. The van der Waals surface area contributed by atoms with E-state index in [-0.39, 0.29) is 0 Å². The number of nitrogens with two attached hydrogens (primary N) is 1. The van der Waals surface area contributed by atoms with E-state index in [9.17, 15) is 0 Å². The molecule has 1 aliphatic carbocycles. The number of hydrogen-bond donors (Lipinski definition) is 1. The number of rotatable bonds is 0. The Kier molecular flexibility index (Phi) is 1.75. The van der Waals surface area contributed by atoms with Gasteiger partial charge in [0.2, 0.25) is 0 Å². The van der Waals surface area contributed by atoms with Crippen LogP contribution in [0.2, 0.25) is 0 Å². The van der Waals surface area contributed by atoms with Crippen LogP contribution in [0.5, 0.6) is 0 Å². The summed E-state index contributed by atoms with van der Waals surface area (Å²) < 4.78 is 0. The van der Waals surface area contributed by atoms with E-state index in [2.05, 4.69) is 11.8 Å². The van der Waals surface area contributed by atoms with E-state index < -0.39 is 0 Å². The maximum absolute atomic E-state index is 5.55. The molecule has 1 saturated carbocycles. The van der Waals surface area contributed by atoms with E-state index >= 15 is 0 Å². The molecule has 0 unspecified atom stereocenters. The minimum atomic E-state index is 0.669. The van der Waals surface area contributed by atoms with Crippen LogP contribution < -0.4 is 5.73 Å². The van der Waals surface area contributed by atoms with Crippen molar-refractivity contribution in [2.45, 2.75) is 12.8 Å². The standard InChI is InChI=1S/C11H11N/c12-11-7-5-10(6-8-11)4-3-9-1-2-9/h5-9H,1-2,12H2. The lowest BCUT2D eigenvalue weighted by Crippen LogP contribution is -1.83. The molecule has 0 radical (unpaired) electrons. The van der Waals surface area contributed by atoms with E-state index in [1.54, 1.807) is 0 Å². The van der Waals surface area contributed by atoms with E-state index in [0.717, 1.165) is 11.3 Å². The number of nitrogen functional groups attached to an aromatic ring is 1. The van der Waals surface area contributed by atoms with Gasteiger partial charge < -0.3 is 5.73 Å². The fourth-order valence-electron chi connectivity index (χ4n) is 0.980. The van der Waals surface area contributed by atoms with Gasteiger partial charge in [0.15, 0.2) is 0 Å². The Balaban J connectivity index is 2.13. The lowest BCUT2D eigenvalue weighted by Gasteiger charge is -1.91. The Labute approximate surface area is 72.6 Å². The fourth-order valence-corrected chi connectivity index (χ4v) is 0.980. The number of anilines is 1. The van der Waals surface area contributed by atoms with Crippen molar-refractivity contribution in [3.8, 4) is 11.8 Å². The van der Waals surface area contributed by atoms with Crippen molar-refractivity contribution < 1.29 is 0 Å². The van der Waals surface area contributed by atoms with E-state index in [4.69, 9.17) is 5.73 Å². The molecule has 1 aromatic rings. The first-order chi connectivity index (χ1) is 5.84. The first-order valence-corrected chi connectivity index (χ1v) is 4.22. The summed E-state index contributed by atoms with van der Waals surface area (Å²) >= 11 is 0. The van der Waals surface area contributed by atoms with Gasteiger partial charge in [0, 0.05) is 17.2 Å². The van der Waals surface area contributed by atoms with Crippen molar-refractivity contribution in [1.82, 2.24) is 0 Å². The predicted octanol–water partition coefficient (Wildman–Crippen LogP) is 2.03. The maximum atomic E-state index is 5.55. The molecule has 0 saturated heterocycles. The van der Waals surface area contributed by atoms with Crippen LogP contribution >= 0.6 is 0 Å². The number of benzene rings is 1. The Hall–Kier alpha value is -1.42. The van der Waals surface area contributed by atoms with Crippen LogP contribution in [0.3, 0.4) is 0 Å². The van der Waals surface area contributed by atoms with Crippen molar-refractivity contribution in [1.29, 1.82) is 0 Å². The summed E-state index contributed by atoms with van der Waals surface area (Å²) in [5.41, 5.74) is 7.41. The molecule has 60 valence electrons. The fraction of sp³-hybridized carbons (Fsp3) is 0.273. The second-order valence-electron chi connectivity index (χ2n) is 3.17. The highest BCUT2D eigenvalue weighted by Gasteiger charge is 2.17. The van der Waals surface area contributed by atoms with Gasteiger partial charge in [-0.15, -0.1) is 0 Å². The molecule has 0 bridgehead atoms. The zero-order valence-electron chi connectivity index (χ0n) is 6.88. The summed E-state index contributed by atoms with van der Waals surface area (Å²) in [6.07, 6.45) is 2.56. The van der Waals surface area contributed by atoms with Gasteiger partial charge in [-0.2, -0.15) is 0 Å². The highest BCUT2D eigenvalue weighted by molar-refractivity contribution is 5.45. The largest absolute Gasteiger partial charge is 0.399 e. The zero-order chi connectivity index (χ0) is 8.39. The van der Waals surface area contributed by atoms with Gasteiger partial charge in [0.25, 0.3) is 0 Å². The average molecular weight is 157 g/mol. The van der Waals surface area contributed by atoms with Gasteiger partial charge in [-0.3, -0.25) is 0 Å². The van der Waals surface area contributed by atoms with Gasteiger partial charge in [-0.1, -0.05) is 11.8 Å². The van der Waals surface area contributed by atoms with Crippen LogP contribution in [-0.2, 0) is 0 Å². The van der Waals surface area contributed by atoms with Crippen molar-refractivity contribution in [2.75, 3.05) is 5.73 Å². The molecule has 1 aromatic carbocycles. The molecule has 0 aromatic heterocycles. The first kappa shape index (κ1) is 7.24. The van der Waals surface area contributed by atoms with Crippen LogP contribution in [0.1, 0.15) is 18.4 Å². The molecular weight excluding hydrogens is 146 g/mol. The zero-order valence-corrected chi connectivity index (χ0v) is 6.88. The molecule has 0 spiro atoms. The van der Waals surface area contributed by atoms with Gasteiger partial charge in [0.1, 0.15) is 0 Å². The van der Waals surface area contributed by atoms with Crippen molar-refractivity contribution in [2.24, 2.45) is 5.92 Å². The molecule has 0 heterocycles. The van der Waals surface area contributed by atoms with Crippen molar-refractivity contribution in [3.05, 3.63) is 29.8 Å². The molecular formula is C11H11N. The molecule has 0 aliphatic heterocycles. The molecule has 1 aliphatic rings. The Morgan fingerprint density at radius 3 is 2.42 bits per heavy atom. The minimum absolute atomic E-state index is 0.669. The summed E-state index contributed by atoms with van der Waals surface area (Å²) in [6.45, 7) is 0. The molecule has 2 rings (SSSR count). The Bertz CT molecular complexity index is 322. The predicted molar refractivity (Wildman–Crippen MR) is 50.5 cm³/mol. The average Bonchev–Trinajstić information content (AvgIpc) is 2.87. The summed E-state index contributed by atoms with van der Waals surface area (Å²) in [7, 11) is 0. The van der Waals surface area contributed by atoms with Crippen LogP contribution in [-0.4, -0.2) is 0 Å². The summed E-state index contributed by atoms with van der Waals surface area (Å²) in [5, 5.41) is 0. The highest BCUT2D eigenvalue weighted by Crippen LogP contribution is 2.27. The monoisotopic (exact) mass is 157 g/mol. The smallest absolute Gasteiger partial charge is 0.0314 e. The SMILES string of the molecule is Nc1ccc(C#CC2CC2)cc1. The van der Waals surface area contributed by atoms with Crippen molar-refractivity contribution in [3.63, 3.8) is 0 Å². The van der Waals surface area contributed by atoms with E-state index in [1.165, 1.54) is 12.8 Å². The molecule has 0 atom stereocenters. The van der Waals surface area contributed by atoms with Gasteiger partial charge in [-0.05, 0) is 37.1 Å². The van der Waals surface area contributed by atoms with Crippen LogP contribution in [0.15, 0.2) is 24.3 Å². The third-order valence-corrected chi connectivity index (χ3v) is 1.91. The lowest BCUT2D eigenvalue weighted by atomic mass is 10.2. The maximum Gasteiger partial charge on any atom is 0.0314 e. The van der Waals surface area contributed by atoms with E-state index in [0.29, 0.717) is 5.92 Å². The van der Waals surface area contributed by atoms with Gasteiger partial charge in [-0.25, -0.2) is 0 Å². The third-order valence-electron chi connectivity index (χ3n) is 1.91. The quantitative estimate of drug-likeness (QED) is 0.452. The van der Waals surface area contributed by atoms with Crippen LogP contribution in [0.25, 0.3) is 0 Å². The molecule has 1 heteroatoms. The second kappa shape index (κ2) is 2.91. The van der Waals surface area contributed by atoms with Crippen LogP contribution in [0.4, 0.5) is 5.69 Å². The summed E-state index contributed by atoms with van der Waals surface area (Å²) in [6, 6.07) is 7.70. The Morgan fingerprint density at radius 2 is 1.83 bits per heavy atom. The highest BCUT2D eigenvalue weighted by atomic mass is 14.5. The lowest BCUT2D eigenvalue weighted by molar-refractivity contribution is 1.18. The molecule has 0 amide bonds. The molecule has 1 nitrogen and oxygen atoms in total. The van der Waals surface area contributed by atoms with Crippen molar-refractivity contribution >= 4 is 5.69 Å².